The van der Waals surface area contributed by atoms with Crippen LogP contribution in [0.3, 0.4) is 0 Å². The summed E-state index contributed by atoms with van der Waals surface area (Å²) in [6, 6.07) is 66.1. The molecule has 13 rings (SSSR count). The van der Waals surface area contributed by atoms with Crippen molar-refractivity contribution in [3.8, 4) is 67.5 Å². The minimum absolute atomic E-state index is 0. The average Bonchev–Trinajstić information content (AvgIpc) is 1.73. The number of benzene rings is 4. The van der Waals surface area contributed by atoms with Crippen LogP contribution in [0.4, 0.5) is 0 Å². The van der Waals surface area contributed by atoms with Crippen LogP contribution in [0.25, 0.3) is 90.9 Å². The second kappa shape index (κ2) is 35.1. The van der Waals surface area contributed by atoms with Gasteiger partial charge in [-0.05, 0) is 117 Å². The van der Waals surface area contributed by atoms with E-state index in [-0.39, 0.29) is 85.0 Å². The van der Waals surface area contributed by atoms with Crippen LogP contribution in [0.15, 0.2) is 244 Å². The van der Waals surface area contributed by atoms with Crippen molar-refractivity contribution in [1.29, 1.82) is 0 Å². The molecule has 12 nitrogen and oxygen atoms in total. The molecule has 11 aromatic rings. The largest absolute Gasteiger partial charge is 2.00 e. The first kappa shape index (κ1) is 70.6. The molecule has 0 fully saturated rings. The van der Waals surface area contributed by atoms with E-state index in [1.165, 1.54) is 0 Å². The Hall–Kier alpha value is -8.28. The van der Waals surface area contributed by atoms with Crippen molar-refractivity contribution in [2.45, 2.75) is 51.9 Å². The van der Waals surface area contributed by atoms with Gasteiger partial charge in [0.2, 0.25) is 0 Å². The van der Waals surface area contributed by atoms with Crippen LogP contribution in [0.2, 0.25) is 0 Å². The summed E-state index contributed by atoms with van der Waals surface area (Å²) in [6.07, 6.45) is 28.5. The molecule has 0 amide bonds. The van der Waals surface area contributed by atoms with Gasteiger partial charge in [-0.15, -0.1) is 22.1 Å². The third-order valence-corrected chi connectivity index (χ3v) is 15.6. The molecule has 2 aliphatic rings. The van der Waals surface area contributed by atoms with Crippen molar-refractivity contribution in [3.63, 3.8) is 0 Å². The van der Waals surface area contributed by atoms with Gasteiger partial charge in [0.15, 0.2) is 75.8 Å². The zero-order valence-corrected chi connectivity index (χ0v) is 58.2. The predicted molar refractivity (Wildman–Crippen MR) is 346 cm³/mol. The maximum Gasteiger partial charge on any atom is 2.00 e. The van der Waals surface area contributed by atoms with E-state index in [4.69, 9.17) is 38.9 Å². The number of fused-ring (bicyclic) bond motifs is 8. The minimum atomic E-state index is 0. The van der Waals surface area contributed by atoms with Gasteiger partial charge in [-0.1, -0.05) is 97.1 Å². The molecular formula is C76H68Br4CuN8O4. The van der Waals surface area contributed by atoms with E-state index < -0.39 is 0 Å². The number of halogens is 4. The predicted octanol–water partition coefficient (Wildman–Crippen LogP) is 1.62. The van der Waals surface area contributed by atoms with Gasteiger partial charge in [-0.2, -0.15) is 0 Å². The molecule has 93 heavy (non-hydrogen) atoms. The molecule has 0 aliphatic carbocycles. The Kier molecular flexibility index (Phi) is 26.7. The van der Waals surface area contributed by atoms with Crippen LogP contribution >= 0.6 is 0 Å². The normalized spacial score (nSPS) is 11.0. The quantitative estimate of drug-likeness (QED) is 0.0512. The zero-order chi connectivity index (χ0) is 59.1. The fourth-order valence-electron chi connectivity index (χ4n) is 11.2. The fourth-order valence-corrected chi connectivity index (χ4v) is 11.2. The Morgan fingerprint density at radius 3 is 0.677 bits per heavy atom. The summed E-state index contributed by atoms with van der Waals surface area (Å²) < 4.78 is 34.0. The summed E-state index contributed by atoms with van der Waals surface area (Å²) in [4.78, 5) is 22.2. The van der Waals surface area contributed by atoms with E-state index in [1.54, 1.807) is 0 Å². The fraction of sp³-hybridized carbons (Fsp3) is 0.158. The van der Waals surface area contributed by atoms with Crippen molar-refractivity contribution in [1.82, 2.24) is 19.9 Å². The van der Waals surface area contributed by atoms with Crippen LogP contribution in [0, 0.1) is 0 Å². The third kappa shape index (κ3) is 18.1. The summed E-state index contributed by atoms with van der Waals surface area (Å²) in [6.45, 7) is 5.81. The van der Waals surface area contributed by atoms with Crippen LogP contribution in [0.1, 0.15) is 48.5 Å². The van der Waals surface area contributed by atoms with E-state index in [0.717, 1.165) is 164 Å². The van der Waals surface area contributed by atoms with Gasteiger partial charge in [-0.3, -0.25) is 0 Å². The third-order valence-electron chi connectivity index (χ3n) is 15.6. The first-order valence-corrected chi connectivity index (χ1v) is 30.4. The van der Waals surface area contributed by atoms with E-state index in [1.807, 2.05) is 121 Å². The number of pyridine rings is 4. The van der Waals surface area contributed by atoms with Crippen molar-refractivity contribution in [2.75, 3.05) is 26.4 Å². The Balaban J connectivity index is 0.00000222. The zero-order valence-electron chi connectivity index (χ0n) is 50.9. The van der Waals surface area contributed by atoms with Crippen molar-refractivity contribution in [3.05, 3.63) is 266 Å². The van der Waals surface area contributed by atoms with Gasteiger partial charge in [0.25, 0.3) is 0 Å². The number of rotatable bonds is 24. The molecule has 0 unspecified atom stereocenters. The molecule has 8 bridgehead atoms. The standard InChI is InChI=1S/C76H68N8O4.4BrH.Cu/c1-5-41-81(42-6-1)49-13-53-85-61-25-17-57(18-26-61)73-65-33-35-67(77-65)74(58-19-27-62(28-20-58)86-54-14-50-82-43-7-2-8-44-82)69-37-39-71(79-69)76(60-23-31-64(32-24-60)88-56-16-52-84-47-11-4-12-48-84)72-40-38-70(80-72)75(68-36-34-66(73)78-68)59-21-29-63(30-22-59)87-55-15-51-83-45-9-3-10-46-83;;;;;/h1-12,17-48H,13-16,49-56H2;4*1H;/q+2;;;;;+2/p-4. The summed E-state index contributed by atoms with van der Waals surface area (Å²) in [5, 5.41) is 0. The van der Waals surface area contributed by atoms with Crippen LogP contribution in [-0.4, -0.2) is 36.4 Å². The first-order valence-electron chi connectivity index (χ1n) is 30.4. The number of hydrogen-bond acceptors (Lipinski definition) is 6. The number of nitrogens with zero attached hydrogens (tertiary/aromatic N) is 8. The molecule has 17 heteroatoms. The van der Waals surface area contributed by atoms with Gasteiger partial charge in [-0.25, -0.2) is 28.2 Å². The summed E-state index contributed by atoms with van der Waals surface area (Å²) in [5.74, 6) is 3.18. The number of hydrogen-bond donors (Lipinski definition) is 0. The maximum absolute atomic E-state index is 6.32. The van der Waals surface area contributed by atoms with Gasteiger partial charge in [0, 0.05) is 74.2 Å². The molecular weight excluding hydrogens is 1470 g/mol. The molecule has 1 radical (unpaired) electrons. The molecule has 0 spiro atoms. The monoisotopic (exact) mass is 1540 g/mol. The van der Waals surface area contributed by atoms with E-state index >= 15 is 0 Å². The van der Waals surface area contributed by atoms with Gasteiger partial charge in [0.05, 0.1) is 49.2 Å². The topological polar surface area (TPSA) is 106 Å². The summed E-state index contributed by atoms with van der Waals surface area (Å²) >= 11 is 0. The maximum atomic E-state index is 6.32. The van der Waals surface area contributed by atoms with E-state index in [9.17, 15) is 0 Å². The van der Waals surface area contributed by atoms with Gasteiger partial charge in [0.1, 0.15) is 23.0 Å². The first-order chi connectivity index (χ1) is 43.6. The Morgan fingerprint density at radius 1 is 0.269 bits per heavy atom. The Morgan fingerprint density at radius 2 is 0.473 bits per heavy atom. The van der Waals surface area contributed by atoms with Crippen LogP contribution in [-0.2, 0) is 43.2 Å². The van der Waals surface area contributed by atoms with Crippen molar-refractivity contribution < 1.29 is 122 Å². The summed E-state index contributed by atoms with van der Waals surface area (Å²) in [7, 11) is 0. The molecule has 4 aromatic carbocycles. The number of ether oxygens (including phenoxy) is 4. The van der Waals surface area contributed by atoms with Crippen LogP contribution in [0.5, 0.6) is 23.0 Å². The second-order valence-electron chi connectivity index (χ2n) is 21.7. The smallest absolute Gasteiger partial charge is 1.00 e. The van der Waals surface area contributed by atoms with Crippen molar-refractivity contribution >= 4 is 46.4 Å². The molecule has 7 aromatic heterocycles. The molecule has 0 N–H and O–H groups in total. The molecule has 475 valence electrons. The Labute approximate surface area is 595 Å². The van der Waals surface area contributed by atoms with Crippen molar-refractivity contribution in [2.24, 2.45) is 0 Å². The molecule has 2 aliphatic heterocycles. The molecule has 0 saturated heterocycles. The van der Waals surface area contributed by atoms with E-state index in [2.05, 4.69) is 165 Å². The SMILES string of the molecule is C1=Cc2nc1c(-c1ccc(OCCC[n+]3ccccc3)cc1)c1ccc([n-]1)c(-c1ccc(OCCC[n+]3ccccc3)cc1)c1nc(c(-c3ccc(OCCC[n+]4ccccc4)cc3)c3ccc([n-]3)c2-c2ccc(OCCC[n+]3ccccc3)cc2)C=C1.[Br-].[Br-].[Br-].[Br-].[Cu+2]. The van der Waals surface area contributed by atoms with E-state index in [0.29, 0.717) is 26.4 Å². The Bertz CT molecular complexity index is 3820. The molecule has 0 atom stereocenters. The molecule has 9 heterocycles. The summed E-state index contributed by atoms with van der Waals surface area (Å²) in [5.41, 5.74) is 13.5. The second-order valence-corrected chi connectivity index (χ2v) is 21.7. The van der Waals surface area contributed by atoms with Gasteiger partial charge < -0.3 is 96.8 Å². The number of aromatic nitrogens is 8. The van der Waals surface area contributed by atoms with Gasteiger partial charge >= 0.3 is 17.1 Å². The molecule has 0 saturated carbocycles. The van der Waals surface area contributed by atoms with Crippen LogP contribution < -0.4 is 115 Å². The minimum Gasteiger partial charge on any atom is -1.00 e. The average molecular weight is 1540 g/mol. The number of aryl methyl sites for hydroxylation is 4.